The van der Waals surface area contributed by atoms with Crippen LogP contribution >= 0.6 is 11.3 Å². The highest BCUT2D eigenvalue weighted by Crippen LogP contribution is 2.47. The zero-order valence-corrected chi connectivity index (χ0v) is 41.3. The number of aromatic nitrogens is 3. The number of imidazole rings is 1. The minimum atomic E-state index is -3.91. The van der Waals surface area contributed by atoms with E-state index in [1.54, 1.807) is 32.1 Å². The van der Waals surface area contributed by atoms with Crippen LogP contribution in [0.3, 0.4) is 0 Å². The van der Waals surface area contributed by atoms with Gasteiger partial charge in [-0.15, -0.1) is 11.3 Å². The largest absolute Gasteiger partial charge is 0.459 e. The molecule has 2 aromatic heterocycles. The Balaban J connectivity index is 1.13. The minimum Gasteiger partial charge on any atom is -0.459 e. The number of ether oxygens (including phenoxy) is 2. The highest BCUT2D eigenvalue weighted by Gasteiger charge is 2.62. The standard InChI is InChI=1S/C49H69N7O8S2/c1-8-30(4)41-39(31-18-13-12-14-19-31)51-43(65-41)35-21-17-23-37-40(35)52-46(56(37)29(2)3)63-33-26-38-42(57)53-49(45(59)54-66(61,62)34-24-25-34)27-32(49)20-15-10-9-11-16-22-36(44(58)55(38)28-33)50-47(60)64-48(5,6)7/h15,17,20-21,23,29-34,36,38H,8-14,16,18-19,22,24-28H2,1-7H3,(H,50,60)(H,53,57)(H,54,59). The lowest BCUT2D eigenvalue weighted by Gasteiger charge is -2.30. The number of para-hydroxylation sites is 1. The topological polar surface area (TPSA) is 191 Å². The summed E-state index contributed by atoms with van der Waals surface area (Å²) in [7, 11) is -3.91. The lowest BCUT2D eigenvalue weighted by molar-refractivity contribution is -0.141. The molecule has 6 unspecified atom stereocenters. The van der Waals surface area contributed by atoms with Crippen molar-refractivity contribution >= 4 is 56.2 Å². The molecule has 3 N–H and O–H groups in total. The Morgan fingerprint density at radius 2 is 1.73 bits per heavy atom. The number of nitrogens with one attached hydrogen (secondary N) is 3. The van der Waals surface area contributed by atoms with E-state index in [2.05, 4.69) is 49.1 Å². The van der Waals surface area contributed by atoms with E-state index >= 15 is 0 Å². The van der Waals surface area contributed by atoms with E-state index in [-0.39, 0.29) is 25.4 Å². The molecule has 1 saturated heterocycles. The fraction of sp³-hybridized carbons (Fsp3) is 0.673. The molecule has 17 heteroatoms. The van der Waals surface area contributed by atoms with Crippen molar-refractivity contribution in [2.24, 2.45) is 5.92 Å². The fourth-order valence-corrected chi connectivity index (χ4v) is 12.6. The van der Waals surface area contributed by atoms with Gasteiger partial charge in [0.05, 0.1) is 23.0 Å². The van der Waals surface area contributed by atoms with Crippen LogP contribution in [0.4, 0.5) is 4.79 Å². The predicted molar refractivity (Wildman–Crippen MR) is 255 cm³/mol. The summed E-state index contributed by atoms with van der Waals surface area (Å²) in [5, 5.41) is 6.05. The number of amides is 4. The number of benzene rings is 1. The van der Waals surface area contributed by atoms with Gasteiger partial charge in [0.2, 0.25) is 21.8 Å². The van der Waals surface area contributed by atoms with Gasteiger partial charge in [0.25, 0.3) is 11.9 Å². The van der Waals surface area contributed by atoms with Crippen LogP contribution in [-0.4, -0.2) is 92.8 Å². The molecule has 8 rings (SSSR count). The summed E-state index contributed by atoms with van der Waals surface area (Å²) in [6, 6.07) is 4.27. The van der Waals surface area contributed by atoms with Gasteiger partial charge in [0.15, 0.2) is 0 Å². The van der Waals surface area contributed by atoms with E-state index in [1.807, 2.05) is 28.9 Å². The highest BCUT2D eigenvalue weighted by molar-refractivity contribution is 7.91. The molecule has 3 saturated carbocycles. The Morgan fingerprint density at radius 1 is 1.00 bits per heavy atom. The summed E-state index contributed by atoms with van der Waals surface area (Å²) < 4.78 is 42.8. The minimum absolute atomic E-state index is 0.00828. The molecule has 360 valence electrons. The average Bonchev–Trinajstić information content (AvgIpc) is 4.10. The van der Waals surface area contributed by atoms with E-state index in [1.165, 1.54) is 34.7 Å². The van der Waals surface area contributed by atoms with Gasteiger partial charge < -0.3 is 25.0 Å². The number of sulfonamides is 1. The van der Waals surface area contributed by atoms with Crippen LogP contribution in [0.25, 0.3) is 21.6 Å². The molecule has 1 aromatic carbocycles. The number of carbonyl (C=O) groups is 4. The Labute approximate surface area is 393 Å². The van der Waals surface area contributed by atoms with Crippen LogP contribution in [0.15, 0.2) is 30.4 Å². The lowest BCUT2D eigenvalue weighted by atomic mass is 9.85. The van der Waals surface area contributed by atoms with Gasteiger partial charge in [0.1, 0.15) is 39.9 Å². The number of allylic oxidation sites excluding steroid dienone is 1. The molecule has 4 amide bonds. The molecule has 15 nitrogen and oxygen atoms in total. The molecule has 6 atom stereocenters. The van der Waals surface area contributed by atoms with Crippen molar-refractivity contribution in [1.82, 2.24) is 34.8 Å². The van der Waals surface area contributed by atoms with Crippen molar-refractivity contribution in [3.8, 4) is 16.6 Å². The molecular weight excluding hydrogens is 879 g/mol. The summed E-state index contributed by atoms with van der Waals surface area (Å²) >= 11 is 1.76. The zero-order valence-electron chi connectivity index (χ0n) is 39.7. The van der Waals surface area contributed by atoms with E-state index in [9.17, 15) is 27.6 Å². The van der Waals surface area contributed by atoms with Gasteiger partial charge in [-0.3, -0.25) is 23.7 Å². The maximum atomic E-state index is 14.8. The lowest BCUT2D eigenvalue weighted by Crippen LogP contribution is -2.58. The van der Waals surface area contributed by atoms with Crippen LogP contribution < -0.4 is 20.1 Å². The number of fused-ring (bicyclic) bond motifs is 3. The van der Waals surface area contributed by atoms with E-state index < -0.39 is 74.3 Å². The van der Waals surface area contributed by atoms with E-state index in [0.29, 0.717) is 50.0 Å². The molecule has 5 aliphatic rings. The van der Waals surface area contributed by atoms with Gasteiger partial charge in [-0.1, -0.05) is 64.2 Å². The summed E-state index contributed by atoms with van der Waals surface area (Å²) in [5.74, 6) is -1.45. The van der Waals surface area contributed by atoms with Crippen molar-refractivity contribution in [1.29, 1.82) is 0 Å². The normalized spacial score (nSPS) is 26.2. The third-order valence-corrected chi connectivity index (χ3v) is 17.1. The number of thiazole rings is 1. The fourth-order valence-electron chi connectivity index (χ4n) is 9.96. The summed E-state index contributed by atoms with van der Waals surface area (Å²) in [6.45, 7) is 13.9. The molecule has 0 bridgehead atoms. The third-order valence-electron chi connectivity index (χ3n) is 14.0. The molecule has 66 heavy (non-hydrogen) atoms. The number of carbonyl (C=O) groups excluding carboxylic acids is 4. The van der Waals surface area contributed by atoms with Gasteiger partial charge in [0, 0.05) is 34.7 Å². The number of hydrogen-bond donors (Lipinski definition) is 3. The molecule has 0 spiro atoms. The van der Waals surface area contributed by atoms with E-state index in [4.69, 9.17) is 19.4 Å². The van der Waals surface area contributed by atoms with Crippen LogP contribution in [-0.2, 0) is 29.1 Å². The Hall–Kier alpha value is -4.51. The highest BCUT2D eigenvalue weighted by atomic mass is 32.2. The van der Waals surface area contributed by atoms with Crippen LogP contribution in [0, 0.1) is 5.92 Å². The molecule has 4 heterocycles. The first kappa shape index (κ1) is 48.0. The number of hydrogen-bond acceptors (Lipinski definition) is 11. The first-order chi connectivity index (χ1) is 31.4. The van der Waals surface area contributed by atoms with Gasteiger partial charge in [-0.05, 0) is 110 Å². The van der Waals surface area contributed by atoms with Gasteiger partial charge in [-0.2, -0.15) is 4.98 Å². The summed E-state index contributed by atoms with van der Waals surface area (Å²) in [4.78, 5) is 70.1. The first-order valence-electron chi connectivity index (χ1n) is 24.4. The molecular formula is C49H69N7O8S2. The van der Waals surface area contributed by atoms with E-state index in [0.717, 1.165) is 53.7 Å². The van der Waals surface area contributed by atoms with Crippen LogP contribution in [0.1, 0.15) is 173 Å². The molecule has 4 fully saturated rings. The SMILES string of the molecule is CCC(C)c1sc(-c2cccc3c2nc(OC2CC4C(=O)NC5(C(=O)NS(=O)(=O)C6CC6)CC5C=CCCCCCC(NC(=O)OC(C)(C)C)C(=O)N4C2)n3C(C)C)nc1C1CCCCC1. The van der Waals surface area contributed by atoms with Crippen molar-refractivity contribution < 1.29 is 37.1 Å². The Bertz CT molecular complexity index is 2450. The number of rotatable bonds is 11. The predicted octanol–water partition coefficient (Wildman–Crippen LogP) is 8.55. The number of alkyl carbamates (subject to hydrolysis) is 1. The van der Waals surface area contributed by atoms with Gasteiger partial charge >= 0.3 is 6.09 Å². The first-order valence-corrected chi connectivity index (χ1v) is 26.8. The zero-order chi connectivity index (χ0) is 47.1. The summed E-state index contributed by atoms with van der Waals surface area (Å²) in [6.07, 6.45) is 13.9. The summed E-state index contributed by atoms with van der Waals surface area (Å²) in [5.41, 5.74) is 1.47. The third kappa shape index (κ3) is 10.3. The number of nitrogens with zero attached hydrogens (tertiary/aromatic N) is 4. The second kappa shape index (κ2) is 19.2. The van der Waals surface area contributed by atoms with Crippen molar-refractivity contribution in [3.05, 3.63) is 40.9 Å². The quantitative estimate of drug-likeness (QED) is 0.157. The van der Waals surface area contributed by atoms with Crippen LogP contribution in [0.2, 0.25) is 0 Å². The second-order valence-corrected chi connectivity index (χ2v) is 23.6. The Kier molecular flexibility index (Phi) is 14.0. The average molecular weight is 948 g/mol. The Morgan fingerprint density at radius 3 is 2.42 bits per heavy atom. The van der Waals surface area contributed by atoms with Crippen LogP contribution in [0.5, 0.6) is 6.01 Å². The maximum absolute atomic E-state index is 14.8. The molecule has 0 radical (unpaired) electrons. The molecule has 3 aliphatic carbocycles. The van der Waals surface area contributed by atoms with Crippen molar-refractivity contribution in [3.63, 3.8) is 0 Å². The van der Waals surface area contributed by atoms with Crippen molar-refractivity contribution in [2.45, 2.75) is 197 Å². The second-order valence-electron chi connectivity index (χ2n) is 20.6. The molecule has 3 aromatic rings. The smallest absolute Gasteiger partial charge is 0.408 e. The van der Waals surface area contributed by atoms with Crippen molar-refractivity contribution in [2.75, 3.05) is 6.54 Å². The monoisotopic (exact) mass is 947 g/mol. The maximum Gasteiger partial charge on any atom is 0.408 e. The van der Waals surface area contributed by atoms with Gasteiger partial charge in [-0.25, -0.2) is 18.2 Å². The molecule has 2 aliphatic heterocycles.